The molecule has 1 heterocycles. The minimum Gasteiger partial charge on any atom is -0.313 e. The van der Waals surface area contributed by atoms with Crippen molar-refractivity contribution >= 4 is 23.3 Å². The number of amides is 2. The van der Waals surface area contributed by atoms with Gasteiger partial charge in [0, 0.05) is 17.3 Å². The van der Waals surface area contributed by atoms with Crippen LogP contribution >= 0.6 is 11.6 Å². The van der Waals surface area contributed by atoms with Gasteiger partial charge in [0.05, 0.1) is 6.04 Å². The summed E-state index contributed by atoms with van der Waals surface area (Å²) in [5.41, 5.74) is 4.30. The third kappa shape index (κ3) is 3.31. The first-order valence-electron chi connectivity index (χ1n) is 8.68. The maximum absolute atomic E-state index is 13.0. The second-order valence-corrected chi connectivity index (χ2v) is 6.83. The van der Waals surface area contributed by atoms with Gasteiger partial charge in [-0.15, -0.1) is 0 Å². The van der Waals surface area contributed by atoms with Crippen LogP contribution < -0.4 is 5.32 Å². The smallest absolute Gasteiger partial charge is 0.313 e. The van der Waals surface area contributed by atoms with Crippen molar-refractivity contribution in [2.24, 2.45) is 0 Å². The summed E-state index contributed by atoms with van der Waals surface area (Å²) in [6.45, 7) is 0.670. The number of rotatable bonds is 2. The molecule has 0 unspecified atom stereocenters. The average Bonchev–Trinajstić information content (AvgIpc) is 2.67. The van der Waals surface area contributed by atoms with Crippen molar-refractivity contribution in [2.75, 3.05) is 11.9 Å². The topological polar surface area (TPSA) is 32.3 Å². The maximum atomic E-state index is 13.0. The number of nitrogens with one attached hydrogen (secondary N) is 1. The molecule has 0 aromatic heterocycles. The van der Waals surface area contributed by atoms with E-state index in [0.29, 0.717) is 17.3 Å². The van der Waals surface area contributed by atoms with E-state index in [1.165, 1.54) is 11.1 Å². The van der Waals surface area contributed by atoms with E-state index >= 15 is 0 Å². The first-order valence-corrected chi connectivity index (χ1v) is 9.06. The summed E-state index contributed by atoms with van der Waals surface area (Å²) in [5.74, 6) is 0. The molecule has 26 heavy (non-hydrogen) atoms. The summed E-state index contributed by atoms with van der Waals surface area (Å²) in [5, 5.41) is 3.59. The van der Waals surface area contributed by atoms with Crippen molar-refractivity contribution < 1.29 is 4.79 Å². The van der Waals surface area contributed by atoms with Gasteiger partial charge in [-0.2, -0.15) is 0 Å². The number of hydrogen-bond acceptors (Lipinski definition) is 1. The first kappa shape index (κ1) is 16.7. The Morgan fingerprint density at radius 1 is 0.962 bits per heavy atom. The number of anilines is 1. The second kappa shape index (κ2) is 7.22. The zero-order valence-corrected chi connectivity index (χ0v) is 15.0. The fourth-order valence-corrected chi connectivity index (χ4v) is 3.73. The molecule has 3 nitrogen and oxygen atoms in total. The van der Waals surface area contributed by atoms with Crippen LogP contribution in [0.3, 0.4) is 0 Å². The van der Waals surface area contributed by atoms with E-state index in [4.69, 9.17) is 11.6 Å². The number of hydrogen-bond donors (Lipinski definition) is 1. The zero-order chi connectivity index (χ0) is 17.9. The summed E-state index contributed by atoms with van der Waals surface area (Å²) in [7, 11) is 0. The highest BCUT2D eigenvalue weighted by molar-refractivity contribution is 6.30. The molecule has 3 aromatic rings. The van der Waals surface area contributed by atoms with Crippen LogP contribution in [0, 0.1) is 0 Å². The third-order valence-corrected chi connectivity index (χ3v) is 4.97. The summed E-state index contributed by atoms with van der Waals surface area (Å²) in [6.07, 6.45) is 0.850. The van der Waals surface area contributed by atoms with Gasteiger partial charge in [-0.3, -0.25) is 0 Å². The van der Waals surface area contributed by atoms with E-state index in [1.807, 2.05) is 41.3 Å². The number of carbonyl (C=O) groups excluding carboxylic acids is 1. The van der Waals surface area contributed by atoms with Crippen LogP contribution in [0.15, 0.2) is 78.9 Å². The van der Waals surface area contributed by atoms with Crippen molar-refractivity contribution in [2.45, 2.75) is 12.5 Å². The summed E-state index contributed by atoms with van der Waals surface area (Å²) in [6, 6.07) is 25.6. The van der Waals surface area contributed by atoms with Gasteiger partial charge in [-0.1, -0.05) is 72.3 Å². The Kier molecular flexibility index (Phi) is 4.63. The molecule has 0 radical (unpaired) electrons. The van der Waals surface area contributed by atoms with E-state index in [1.54, 1.807) is 12.1 Å². The molecule has 0 saturated heterocycles. The molecule has 2 amide bonds. The van der Waals surface area contributed by atoms with Gasteiger partial charge < -0.3 is 10.2 Å². The number of benzene rings is 3. The molecule has 1 aliphatic heterocycles. The maximum Gasteiger partial charge on any atom is 0.322 e. The van der Waals surface area contributed by atoms with Gasteiger partial charge in [0.1, 0.15) is 0 Å². The number of halogens is 1. The molecular weight excluding hydrogens is 344 g/mol. The van der Waals surface area contributed by atoms with Crippen LogP contribution in [0.2, 0.25) is 5.02 Å². The van der Waals surface area contributed by atoms with E-state index in [9.17, 15) is 4.79 Å². The molecule has 0 spiro atoms. The minimum absolute atomic E-state index is 0.0969. The third-order valence-electron chi connectivity index (χ3n) is 4.74. The number of carbonyl (C=O) groups is 1. The van der Waals surface area contributed by atoms with E-state index in [2.05, 4.69) is 35.6 Å². The number of nitrogens with zero attached hydrogens (tertiary/aromatic N) is 1. The van der Waals surface area contributed by atoms with Gasteiger partial charge in [0.25, 0.3) is 0 Å². The standard InChI is InChI=1S/C22H19ClN2O/c23-18-10-6-11-19(15-18)24-22(26)25-14-13-16-7-4-5-12-20(16)21(25)17-8-2-1-3-9-17/h1-12,15,21H,13-14H2,(H,24,26)/t21-/m0/s1. The Morgan fingerprint density at radius 3 is 2.54 bits per heavy atom. The Hall–Kier alpha value is -2.78. The molecule has 0 saturated carbocycles. The average molecular weight is 363 g/mol. The van der Waals surface area contributed by atoms with Crippen molar-refractivity contribution in [3.8, 4) is 0 Å². The quantitative estimate of drug-likeness (QED) is 0.639. The van der Waals surface area contributed by atoms with Crippen molar-refractivity contribution in [3.63, 3.8) is 0 Å². The lowest BCUT2D eigenvalue weighted by Crippen LogP contribution is -2.43. The Morgan fingerprint density at radius 2 is 1.73 bits per heavy atom. The van der Waals surface area contributed by atoms with Crippen LogP contribution in [0.5, 0.6) is 0 Å². The van der Waals surface area contributed by atoms with Gasteiger partial charge in [-0.05, 0) is 41.3 Å². The molecule has 0 fully saturated rings. The highest BCUT2D eigenvalue weighted by atomic mass is 35.5. The van der Waals surface area contributed by atoms with Crippen molar-refractivity contribution in [1.82, 2.24) is 4.90 Å². The largest absolute Gasteiger partial charge is 0.322 e. The monoisotopic (exact) mass is 362 g/mol. The molecular formula is C22H19ClN2O. The first-order chi connectivity index (χ1) is 12.7. The van der Waals surface area contributed by atoms with Crippen LogP contribution in [0.1, 0.15) is 22.7 Å². The lowest BCUT2D eigenvalue weighted by Gasteiger charge is -2.37. The predicted molar refractivity (Wildman–Crippen MR) is 106 cm³/mol. The fourth-order valence-electron chi connectivity index (χ4n) is 3.54. The predicted octanol–water partition coefficient (Wildman–Crippen LogP) is 5.52. The minimum atomic E-state index is -0.115. The van der Waals surface area contributed by atoms with Gasteiger partial charge in [0.2, 0.25) is 0 Å². The Bertz CT molecular complexity index is 926. The number of fused-ring (bicyclic) bond motifs is 1. The molecule has 4 heteroatoms. The van der Waals surface area contributed by atoms with Crippen molar-refractivity contribution in [3.05, 3.63) is 101 Å². The molecule has 1 aliphatic rings. The molecule has 3 aromatic carbocycles. The Balaban J connectivity index is 1.69. The summed E-state index contributed by atoms with van der Waals surface area (Å²) < 4.78 is 0. The highest BCUT2D eigenvalue weighted by Gasteiger charge is 2.31. The van der Waals surface area contributed by atoms with Gasteiger partial charge in [0.15, 0.2) is 0 Å². The molecule has 4 rings (SSSR count). The lowest BCUT2D eigenvalue weighted by atomic mass is 9.88. The fraction of sp³-hybridized carbons (Fsp3) is 0.136. The van der Waals surface area contributed by atoms with Gasteiger partial charge in [-0.25, -0.2) is 4.79 Å². The lowest BCUT2D eigenvalue weighted by molar-refractivity contribution is 0.194. The van der Waals surface area contributed by atoms with Crippen molar-refractivity contribution in [1.29, 1.82) is 0 Å². The normalized spacial score (nSPS) is 16.0. The van der Waals surface area contributed by atoms with Crippen LogP contribution in [-0.4, -0.2) is 17.5 Å². The van der Waals surface area contributed by atoms with Crippen LogP contribution in [0.25, 0.3) is 0 Å². The Labute approximate surface area is 158 Å². The highest BCUT2D eigenvalue weighted by Crippen LogP contribution is 2.35. The van der Waals surface area contributed by atoms with Gasteiger partial charge >= 0.3 is 6.03 Å². The zero-order valence-electron chi connectivity index (χ0n) is 14.2. The molecule has 130 valence electrons. The molecule has 0 aliphatic carbocycles. The molecule has 1 atom stereocenters. The molecule has 1 N–H and O–H groups in total. The SMILES string of the molecule is O=C(Nc1cccc(Cl)c1)N1CCc2ccccc2[C@@H]1c1ccccc1. The van der Waals surface area contributed by atoms with E-state index in [0.717, 1.165) is 12.0 Å². The number of urea groups is 1. The van der Waals surface area contributed by atoms with E-state index < -0.39 is 0 Å². The van der Waals surface area contributed by atoms with Crippen LogP contribution in [0.4, 0.5) is 10.5 Å². The summed E-state index contributed by atoms with van der Waals surface area (Å²) in [4.78, 5) is 14.9. The molecule has 0 bridgehead atoms. The van der Waals surface area contributed by atoms with E-state index in [-0.39, 0.29) is 12.1 Å². The summed E-state index contributed by atoms with van der Waals surface area (Å²) >= 11 is 6.04. The van der Waals surface area contributed by atoms with Crippen LogP contribution in [-0.2, 0) is 6.42 Å². The second-order valence-electron chi connectivity index (χ2n) is 6.40.